The first-order valence-electron chi connectivity index (χ1n) is 7.51. The molecular weight excluding hydrogens is 240 g/mol. The first-order chi connectivity index (χ1) is 8.93. The van der Waals surface area contributed by atoms with Crippen LogP contribution in [-0.4, -0.2) is 30.7 Å². The molecule has 1 saturated carbocycles. The summed E-state index contributed by atoms with van der Waals surface area (Å²) in [5.41, 5.74) is 5.65. The molecule has 0 aromatic carbocycles. The van der Waals surface area contributed by atoms with Gasteiger partial charge in [-0.3, -0.25) is 4.79 Å². The van der Waals surface area contributed by atoms with Crippen LogP contribution in [0.1, 0.15) is 58.8 Å². The molecule has 0 heterocycles. The Morgan fingerprint density at radius 3 is 2.47 bits per heavy atom. The fourth-order valence-electron chi connectivity index (χ4n) is 2.86. The lowest BCUT2D eigenvalue weighted by molar-refractivity contribution is -0.122. The number of hydrogen-bond acceptors (Lipinski definition) is 3. The number of nitrogens with one attached hydrogen (secondary N) is 1. The van der Waals surface area contributed by atoms with Crippen molar-refractivity contribution in [3.8, 4) is 0 Å². The Bertz CT molecular complexity index is 284. The van der Waals surface area contributed by atoms with E-state index in [1.54, 1.807) is 0 Å². The van der Waals surface area contributed by atoms with Crippen LogP contribution < -0.4 is 11.1 Å². The van der Waals surface area contributed by atoms with E-state index in [-0.39, 0.29) is 23.3 Å². The second-order valence-corrected chi connectivity index (χ2v) is 6.84. The lowest BCUT2D eigenvalue weighted by Crippen LogP contribution is -2.38. The van der Waals surface area contributed by atoms with Crippen LogP contribution in [0.25, 0.3) is 0 Å². The molecule has 4 N–H and O–H groups in total. The number of carbonyl (C=O) groups excluding carboxylic acids is 1. The fourth-order valence-corrected chi connectivity index (χ4v) is 2.86. The van der Waals surface area contributed by atoms with Crippen LogP contribution in [-0.2, 0) is 4.79 Å². The van der Waals surface area contributed by atoms with E-state index in [0.717, 1.165) is 25.7 Å². The Labute approximate surface area is 117 Å². The Hall–Kier alpha value is -0.610. The normalized spacial score (nSPS) is 18.5. The average molecular weight is 270 g/mol. The second kappa shape index (κ2) is 7.25. The first-order valence-corrected chi connectivity index (χ1v) is 7.51. The van der Waals surface area contributed by atoms with Gasteiger partial charge >= 0.3 is 0 Å². The minimum absolute atomic E-state index is 0.0531. The maximum absolute atomic E-state index is 11.9. The third-order valence-electron chi connectivity index (χ3n) is 4.51. The molecule has 1 amide bonds. The molecule has 1 rings (SSSR count). The van der Waals surface area contributed by atoms with Crippen LogP contribution in [0.2, 0.25) is 0 Å². The SMILES string of the molecule is CC(C)(CCN)CCC(=O)NCC1(CO)CCCC1. The average Bonchev–Trinajstić information content (AvgIpc) is 2.83. The minimum atomic E-state index is -0.0531. The van der Waals surface area contributed by atoms with E-state index in [9.17, 15) is 9.90 Å². The van der Waals surface area contributed by atoms with Crippen molar-refractivity contribution in [2.24, 2.45) is 16.6 Å². The van der Waals surface area contributed by atoms with E-state index >= 15 is 0 Å². The molecule has 0 saturated heterocycles. The molecule has 0 aromatic rings. The molecule has 4 heteroatoms. The van der Waals surface area contributed by atoms with Crippen LogP contribution in [0.3, 0.4) is 0 Å². The summed E-state index contributed by atoms with van der Waals surface area (Å²) in [6.45, 7) is 5.78. The molecule has 4 nitrogen and oxygen atoms in total. The van der Waals surface area contributed by atoms with Gasteiger partial charge in [0.1, 0.15) is 0 Å². The number of hydrogen-bond donors (Lipinski definition) is 3. The molecule has 0 aliphatic heterocycles. The molecule has 19 heavy (non-hydrogen) atoms. The van der Waals surface area contributed by atoms with Crippen molar-refractivity contribution in [1.82, 2.24) is 5.32 Å². The molecule has 1 aliphatic rings. The number of amides is 1. The Morgan fingerprint density at radius 1 is 1.32 bits per heavy atom. The molecule has 0 aromatic heterocycles. The molecule has 112 valence electrons. The van der Waals surface area contributed by atoms with Gasteiger partial charge in [-0.2, -0.15) is 0 Å². The van der Waals surface area contributed by atoms with Crippen LogP contribution in [0.4, 0.5) is 0 Å². The monoisotopic (exact) mass is 270 g/mol. The number of carbonyl (C=O) groups is 1. The molecule has 0 unspecified atom stereocenters. The highest BCUT2D eigenvalue weighted by Gasteiger charge is 2.33. The Balaban J connectivity index is 2.28. The highest BCUT2D eigenvalue weighted by atomic mass is 16.3. The fraction of sp³-hybridized carbons (Fsp3) is 0.933. The summed E-state index contributed by atoms with van der Waals surface area (Å²) in [5, 5.41) is 12.5. The van der Waals surface area contributed by atoms with Gasteiger partial charge in [0, 0.05) is 18.4 Å². The smallest absolute Gasteiger partial charge is 0.220 e. The highest BCUT2D eigenvalue weighted by molar-refractivity contribution is 5.75. The Morgan fingerprint density at radius 2 is 1.95 bits per heavy atom. The van der Waals surface area contributed by atoms with Gasteiger partial charge in [0.15, 0.2) is 0 Å². The van der Waals surface area contributed by atoms with Gasteiger partial charge in [-0.25, -0.2) is 0 Å². The molecule has 0 atom stereocenters. The maximum Gasteiger partial charge on any atom is 0.220 e. The van der Waals surface area contributed by atoms with Gasteiger partial charge in [0.05, 0.1) is 6.61 Å². The van der Waals surface area contributed by atoms with Crippen molar-refractivity contribution < 1.29 is 9.90 Å². The zero-order valence-electron chi connectivity index (χ0n) is 12.5. The number of aliphatic hydroxyl groups excluding tert-OH is 1. The standard InChI is InChI=1S/C15H30N2O2/c1-14(2,9-10-16)8-5-13(19)17-11-15(12-18)6-3-4-7-15/h18H,3-12,16H2,1-2H3,(H,17,19). The predicted molar refractivity (Wildman–Crippen MR) is 77.7 cm³/mol. The Kier molecular flexibility index (Phi) is 6.27. The van der Waals surface area contributed by atoms with Crippen LogP contribution in [0.5, 0.6) is 0 Å². The second-order valence-electron chi connectivity index (χ2n) is 6.84. The van der Waals surface area contributed by atoms with Gasteiger partial charge in [-0.15, -0.1) is 0 Å². The molecular formula is C15H30N2O2. The van der Waals surface area contributed by atoms with Gasteiger partial charge in [-0.05, 0) is 37.6 Å². The number of rotatable bonds is 8. The van der Waals surface area contributed by atoms with Gasteiger partial charge in [0.25, 0.3) is 0 Å². The molecule has 0 spiro atoms. The largest absolute Gasteiger partial charge is 0.396 e. The zero-order valence-corrected chi connectivity index (χ0v) is 12.5. The van der Waals surface area contributed by atoms with Gasteiger partial charge < -0.3 is 16.2 Å². The summed E-state index contributed by atoms with van der Waals surface area (Å²) in [7, 11) is 0. The van der Waals surface area contributed by atoms with E-state index in [4.69, 9.17) is 5.73 Å². The van der Waals surface area contributed by atoms with Crippen molar-refractivity contribution in [2.75, 3.05) is 19.7 Å². The summed E-state index contributed by atoms with van der Waals surface area (Å²) in [5.74, 6) is 0.102. The third-order valence-corrected chi connectivity index (χ3v) is 4.51. The van der Waals surface area contributed by atoms with Crippen molar-refractivity contribution in [3.05, 3.63) is 0 Å². The van der Waals surface area contributed by atoms with Gasteiger partial charge in [0.2, 0.25) is 5.91 Å². The summed E-state index contributed by atoms with van der Waals surface area (Å²) in [4.78, 5) is 11.9. The molecule has 0 bridgehead atoms. The number of aliphatic hydroxyl groups is 1. The van der Waals surface area contributed by atoms with Crippen molar-refractivity contribution in [3.63, 3.8) is 0 Å². The van der Waals surface area contributed by atoms with E-state index in [0.29, 0.717) is 19.5 Å². The van der Waals surface area contributed by atoms with E-state index in [2.05, 4.69) is 19.2 Å². The lowest BCUT2D eigenvalue weighted by Gasteiger charge is -2.27. The van der Waals surface area contributed by atoms with Crippen molar-refractivity contribution in [2.45, 2.75) is 58.8 Å². The zero-order chi connectivity index (χ0) is 14.4. The maximum atomic E-state index is 11.9. The van der Waals surface area contributed by atoms with Crippen LogP contribution in [0.15, 0.2) is 0 Å². The van der Waals surface area contributed by atoms with E-state index < -0.39 is 0 Å². The first kappa shape index (κ1) is 16.4. The third kappa shape index (κ3) is 5.49. The molecule has 1 fully saturated rings. The summed E-state index contributed by atoms with van der Waals surface area (Å²) < 4.78 is 0. The van der Waals surface area contributed by atoms with E-state index in [1.807, 2.05) is 0 Å². The van der Waals surface area contributed by atoms with Crippen molar-refractivity contribution >= 4 is 5.91 Å². The van der Waals surface area contributed by atoms with Crippen LogP contribution >= 0.6 is 0 Å². The topological polar surface area (TPSA) is 75.4 Å². The lowest BCUT2D eigenvalue weighted by atomic mass is 9.84. The van der Waals surface area contributed by atoms with E-state index in [1.165, 1.54) is 12.8 Å². The summed E-state index contributed by atoms with van der Waals surface area (Å²) in [6.07, 6.45) is 6.75. The van der Waals surface area contributed by atoms with Crippen molar-refractivity contribution in [1.29, 1.82) is 0 Å². The van der Waals surface area contributed by atoms with Crippen LogP contribution in [0, 0.1) is 10.8 Å². The quantitative estimate of drug-likeness (QED) is 0.629. The minimum Gasteiger partial charge on any atom is -0.396 e. The van der Waals surface area contributed by atoms with Gasteiger partial charge in [-0.1, -0.05) is 26.7 Å². The molecule has 0 radical (unpaired) electrons. The predicted octanol–water partition coefficient (Wildman–Crippen LogP) is 1.81. The molecule has 1 aliphatic carbocycles. The highest BCUT2D eigenvalue weighted by Crippen LogP contribution is 2.37. The summed E-state index contributed by atoms with van der Waals surface area (Å²) in [6, 6.07) is 0. The number of nitrogens with two attached hydrogens (primary N) is 1. The summed E-state index contributed by atoms with van der Waals surface area (Å²) >= 11 is 0.